The Morgan fingerprint density at radius 1 is 0.871 bits per heavy atom. The van der Waals surface area contributed by atoms with E-state index in [1.807, 2.05) is 42.5 Å². The number of anilines is 1. The third-order valence-electron chi connectivity index (χ3n) is 5.42. The van der Waals surface area contributed by atoms with Crippen LogP contribution < -0.4 is 20.1 Å². The maximum atomic E-state index is 12.6. The van der Waals surface area contributed by atoms with Crippen LogP contribution in [0.25, 0.3) is 0 Å². The summed E-state index contributed by atoms with van der Waals surface area (Å²) in [5.74, 6) is 1.21. The van der Waals surface area contributed by atoms with Crippen molar-refractivity contribution in [1.29, 1.82) is 0 Å². The molecule has 156 valence electrons. The number of nitrogens with zero attached hydrogens (tertiary/aromatic N) is 1. The highest BCUT2D eigenvalue weighted by Crippen LogP contribution is 2.32. The summed E-state index contributed by atoms with van der Waals surface area (Å²) >= 11 is 0. The number of nitrogens with one attached hydrogen (secondary N) is 2. The summed E-state index contributed by atoms with van der Waals surface area (Å²) in [5.41, 5.74) is 4.44. The molecule has 3 aromatic carbocycles. The number of ether oxygens (including phenoxy) is 2. The van der Waals surface area contributed by atoms with Gasteiger partial charge in [0, 0.05) is 30.9 Å². The average molecular weight is 415 g/mol. The Morgan fingerprint density at radius 2 is 1.58 bits per heavy atom. The van der Waals surface area contributed by atoms with Gasteiger partial charge in [0.2, 0.25) is 6.79 Å². The molecule has 2 N–H and O–H groups in total. The van der Waals surface area contributed by atoms with Crippen LogP contribution in [0.5, 0.6) is 11.5 Å². The number of urea groups is 1. The van der Waals surface area contributed by atoms with Crippen molar-refractivity contribution in [2.45, 2.75) is 19.6 Å². The lowest BCUT2D eigenvalue weighted by molar-refractivity contribution is 0.0951. The van der Waals surface area contributed by atoms with E-state index in [9.17, 15) is 9.59 Å². The predicted molar refractivity (Wildman–Crippen MR) is 115 cm³/mol. The Kier molecular flexibility index (Phi) is 4.92. The number of benzene rings is 3. The zero-order chi connectivity index (χ0) is 21.2. The van der Waals surface area contributed by atoms with E-state index in [0.717, 1.165) is 5.56 Å². The second-order valence-electron chi connectivity index (χ2n) is 7.50. The molecule has 7 nitrogen and oxygen atoms in total. The van der Waals surface area contributed by atoms with Crippen LogP contribution in [0.1, 0.15) is 27.0 Å². The van der Waals surface area contributed by atoms with Gasteiger partial charge in [-0.15, -0.1) is 0 Å². The van der Waals surface area contributed by atoms with Crippen LogP contribution >= 0.6 is 0 Å². The molecule has 0 unspecified atom stereocenters. The molecule has 31 heavy (non-hydrogen) atoms. The minimum atomic E-state index is -0.189. The van der Waals surface area contributed by atoms with E-state index in [0.29, 0.717) is 42.4 Å². The van der Waals surface area contributed by atoms with Gasteiger partial charge < -0.3 is 25.0 Å². The lowest BCUT2D eigenvalue weighted by Gasteiger charge is -2.16. The van der Waals surface area contributed by atoms with Crippen LogP contribution in [0.4, 0.5) is 10.5 Å². The minimum Gasteiger partial charge on any atom is -0.454 e. The van der Waals surface area contributed by atoms with Gasteiger partial charge in [-0.25, -0.2) is 4.79 Å². The third kappa shape index (κ3) is 4.02. The molecule has 0 saturated heterocycles. The summed E-state index contributed by atoms with van der Waals surface area (Å²) in [6, 6.07) is 20.3. The number of fused-ring (bicyclic) bond motifs is 2. The fraction of sp³-hybridized carbons (Fsp3) is 0.167. The Hall–Kier alpha value is -4.00. The second-order valence-corrected chi connectivity index (χ2v) is 7.50. The van der Waals surface area contributed by atoms with Gasteiger partial charge in [0.05, 0.1) is 0 Å². The van der Waals surface area contributed by atoms with Crippen LogP contribution in [0.3, 0.4) is 0 Å². The molecule has 0 aromatic heterocycles. The number of carbonyl (C=O) groups is 2. The first-order valence-electron chi connectivity index (χ1n) is 10.1. The molecule has 5 rings (SSSR count). The Morgan fingerprint density at radius 3 is 2.32 bits per heavy atom. The van der Waals surface area contributed by atoms with Crippen LogP contribution in [-0.2, 0) is 19.6 Å². The highest BCUT2D eigenvalue weighted by Gasteiger charge is 2.22. The summed E-state index contributed by atoms with van der Waals surface area (Å²) in [7, 11) is 0. The lowest BCUT2D eigenvalue weighted by Crippen LogP contribution is -2.30. The normalized spacial score (nSPS) is 13.6. The molecular formula is C24H21N3O4. The van der Waals surface area contributed by atoms with Crippen LogP contribution in [0.15, 0.2) is 66.7 Å². The number of amides is 3. The van der Waals surface area contributed by atoms with Gasteiger partial charge >= 0.3 is 6.03 Å². The Bertz CT molecular complexity index is 1120. The zero-order valence-corrected chi connectivity index (χ0v) is 16.8. The lowest BCUT2D eigenvalue weighted by atomic mass is 10.1. The van der Waals surface area contributed by atoms with Gasteiger partial charge in [0.15, 0.2) is 11.5 Å². The summed E-state index contributed by atoms with van der Waals surface area (Å²) in [5, 5.41) is 5.79. The van der Waals surface area contributed by atoms with Crippen LogP contribution in [0, 0.1) is 0 Å². The molecule has 0 saturated carbocycles. The molecule has 2 heterocycles. The first kappa shape index (κ1) is 19.0. The maximum Gasteiger partial charge on any atom is 0.322 e. The zero-order valence-electron chi connectivity index (χ0n) is 16.8. The van der Waals surface area contributed by atoms with Crippen LogP contribution in [-0.4, -0.2) is 23.6 Å². The fourth-order valence-corrected chi connectivity index (χ4v) is 3.72. The third-order valence-corrected chi connectivity index (χ3v) is 5.42. The van der Waals surface area contributed by atoms with Crippen LogP contribution in [0.2, 0.25) is 0 Å². The molecule has 2 aliphatic rings. The van der Waals surface area contributed by atoms with Crippen molar-refractivity contribution in [1.82, 2.24) is 10.2 Å². The molecule has 3 amide bonds. The maximum absolute atomic E-state index is 12.6. The Labute approximate surface area is 179 Å². The van der Waals surface area contributed by atoms with Crippen molar-refractivity contribution in [3.8, 4) is 11.5 Å². The van der Waals surface area contributed by atoms with Gasteiger partial charge in [-0.2, -0.15) is 0 Å². The van der Waals surface area contributed by atoms with E-state index in [2.05, 4.69) is 10.6 Å². The summed E-state index contributed by atoms with van der Waals surface area (Å²) in [6.07, 6.45) is 0. The highest BCUT2D eigenvalue weighted by molar-refractivity contribution is 5.95. The van der Waals surface area contributed by atoms with Gasteiger partial charge in [-0.3, -0.25) is 4.79 Å². The average Bonchev–Trinajstić information content (AvgIpc) is 3.44. The molecule has 0 atom stereocenters. The van der Waals surface area contributed by atoms with Crippen molar-refractivity contribution in [2.75, 3.05) is 12.1 Å². The molecule has 0 spiro atoms. The largest absolute Gasteiger partial charge is 0.454 e. The van der Waals surface area contributed by atoms with Crippen molar-refractivity contribution in [3.63, 3.8) is 0 Å². The van der Waals surface area contributed by atoms with Crippen molar-refractivity contribution >= 4 is 17.6 Å². The van der Waals surface area contributed by atoms with Crippen molar-refractivity contribution < 1.29 is 19.1 Å². The minimum absolute atomic E-state index is 0.156. The second kappa shape index (κ2) is 8.02. The first-order valence-corrected chi connectivity index (χ1v) is 10.1. The number of hydrogen-bond donors (Lipinski definition) is 2. The van der Waals surface area contributed by atoms with E-state index >= 15 is 0 Å². The standard InChI is InChI=1S/C24H21N3O4/c28-23(25-12-16-5-10-21-22(11-16)31-15-30-21)17-6-8-20(9-7-17)26-24(29)27-13-18-3-1-2-4-19(18)14-27/h1-11H,12-15H2,(H,25,28)(H,26,29). The SMILES string of the molecule is O=C(NCc1ccc2c(c1)OCO2)c1ccc(NC(=O)N2Cc3ccccc3C2)cc1. The van der Waals surface area contributed by atoms with Gasteiger partial charge in [-0.05, 0) is 53.1 Å². The summed E-state index contributed by atoms with van der Waals surface area (Å²) in [6.45, 7) is 1.80. The number of carbonyl (C=O) groups excluding carboxylic acids is 2. The number of rotatable bonds is 4. The molecule has 7 heteroatoms. The summed E-state index contributed by atoms with van der Waals surface area (Å²) < 4.78 is 10.7. The van der Waals surface area contributed by atoms with E-state index in [4.69, 9.17) is 9.47 Å². The van der Waals surface area contributed by atoms with E-state index in [1.54, 1.807) is 29.2 Å². The topological polar surface area (TPSA) is 79.9 Å². The van der Waals surface area contributed by atoms with Crippen molar-refractivity contribution in [2.24, 2.45) is 0 Å². The highest BCUT2D eigenvalue weighted by atomic mass is 16.7. The number of hydrogen-bond acceptors (Lipinski definition) is 4. The molecule has 2 aliphatic heterocycles. The predicted octanol–water partition coefficient (Wildman–Crippen LogP) is 3.89. The molecular weight excluding hydrogens is 394 g/mol. The fourth-order valence-electron chi connectivity index (χ4n) is 3.72. The first-order chi connectivity index (χ1) is 15.2. The molecule has 3 aromatic rings. The molecule has 0 fully saturated rings. The molecule has 0 radical (unpaired) electrons. The molecule has 0 aliphatic carbocycles. The Balaban J connectivity index is 1.15. The molecule has 0 bridgehead atoms. The van der Waals surface area contributed by atoms with Crippen molar-refractivity contribution in [3.05, 3.63) is 89.0 Å². The van der Waals surface area contributed by atoms with E-state index in [1.165, 1.54) is 11.1 Å². The monoisotopic (exact) mass is 415 g/mol. The van der Waals surface area contributed by atoms with E-state index < -0.39 is 0 Å². The quantitative estimate of drug-likeness (QED) is 0.678. The van der Waals surface area contributed by atoms with E-state index in [-0.39, 0.29) is 18.7 Å². The van der Waals surface area contributed by atoms with Gasteiger partial charge in [0.25, 0.3) is 5.91 Å². The smallest absolute Gasteiger partial charge is 0.322 e. The summed E-state index contributed by atoms with van der Waals surface area (Å²) in [4.78, 5) is 26.8. The van der Waals surface area contributed by atoms with Gasteiger partial charge in [-0.1, -0.05) is 30.3 Å². The van der Waals surface area contributed by atoms with Gasteiger partial charge in [0.1, 0.15) is 0 Å².